The molecule has 0 saturated heterocycles. The van der Waals surface area contributed by atoms with Gasteiger partial charge in [0.15, 0.2) is 0 Å². The topological polar surface area (TPSA) is 25.8 Å². The maximum absolute atomic E-state index is 4.30. The summed E-state index contributed by atoms with van der Waals surface area (Å²) < 4.78 is 0. The Hall–Kier alpha value is -0.960. The number of nitrogens with zero attached hydrogens (tertiary/aromatic N) is 2. The highest BCUT2D eigenvalue weighted by molar-refractivity contribution is 7.16. The molecular weight excluding hydrogens is 168 g/mol. The first-order valence-corrected chi connectivity index (χ1v) is 4.85. The monoisotopic (exact) mass is 178 g/mol. The lowest BCUT2D eigenvalue weighted by atomic mass is 10.0. The van der Waals surface area contributed by atoms with Crippen LogP contribution >= 0.6 is 11.3 Å². The maximum atomic E-state index is 4.30. The van der Waals surface area contributed by atoms with Crippen LogP contribution in [0.2, 0.25) is 0 Å². The molecule has 0 aliphatic carbocycles. The Labute approximate surface area is 75.3 Å². The maximum Gasteiger partial charge on any atom is 0.143 e. The van der Waals surface area contributed by atoms with E-state index in [-0.39, 0.29) is 0 Å². The van der Waals surface area contributed by atoms with Crippen molar-refractivity contribution in [1.29, 1.82) is 0 Å². The Morgan fingerprint density at radius 3 is 2.92 bits per heavy atom. The molecule has 0 aliphatic heterocycles. The minimum absolute atomic E-state index is 0.526. The van der Waals surface area contributed by atoms with Crippen LogP contribution in [0.25, 0.3) is 10.3 Å². The summed E-state index contributed by atoms with van der Waals surface area (Å²) in [4.78, 5) is 9.58. The zero-order valence-corrected chi connectivity index (χ0v) is 7.93. The van der Waals surface area contributed by atoms with Gasteiger partial charge >= 0.3 is 0 Å². The van der Waals surface area contributed by atoms with Gasteiger partial charge < -0.3 is 0 Å². The van der Waals surface area contributed by atoms with Gasteiger partial charge in [-0.25, -0.2) is 9.97 Å². The number of aromatic nitrogens is 2. The first-order valence-electron chi connectivity index (χ1n) is 3.97. The van der Waals surface area contributed by atoms with E-state index in [0.717, 1.165) is 10.3 Å². The van der Waals surface area contributed by atoms with Crippen molar-refractivity contribution in [2.24, 2.45) is 0 Å². The van der Waals surface area contributed by atoms with Crippen LogP contribution in [0, 0.1) is 0 Å². The van der Waals surface area contributed by atoms with Crippen LogP contribution in [0.4, 0.5) is 0 Å². The second-order valence-corrected chi connectivity index (χ2v) is 3.89. The van der Waals surface area contributed by atoms with Crippen molar-refractivity contribution in [2.75, 3.05) is 0 Å². The molecule has 2 nitrogen and oxygen atoms in total. The number of rotatable bonds is 1. The van der Waals surface area contributed by atoms with Crippen molar-refractivity contribution in [2.45, 2.75) is 19.8 Å². The van der Waals surface area contributed by atoms with Crippen LogP contribution < -0.4 is 0 Å². The molecule has 2 heterocycles. The fourth-order valence-corrected chi connectivity index (χ4v) is 1.92. The number of pyridine rings is 1. The van der Waals surface area contributed by atoms with Crippen molar-refractivity contribution < 1.29 is 0 Å². The normalized spacial score (nSPS) is 11.2. The van der Waals surface area contributed by atoms with Gasteiger partial charge in [0.1, 0.15) is 10.3 Å². The number of thiazole rings is 1. The summed E-state index contributed by atoms with van der Waals surface area (Å²) in [5.74, 6) is 0.526. The molecule has 0 bridgehead atoms. The molecule has 0 aliphatic rings. The van der Waals surface area contributed by atoms with Crippen LogP contribution in [-0.2, 0) is 0 Å². The molecule has 0 aromatic carbocycles. The third kappa shape index (κ3) is 1.10. The average molecular weight is 178 g/mol. The second-order valence-electron chi connectivity index (χ2n) is 3.06. The van der Waals surface area contributed by atoms with Gasteiger partial charge in [-0.2, -0.15) is 0 Å². The van der Waals surface area contributed by atoms with Crippen LogP contribution in [0.15, 0.2) is 17.8 Å². The van der Waals surface area contributed by atoms with Crippen LogP contribution in [0.1, 0.15) is 25.3 Å². The number of hydrogen-bond donors (Lipinski definition) is 0. The molecular formula is C9H10N2S. The van der Waals surface area contributed by atoms with E-state index in [0.29, 0.717) is 5.92 Å². The van der Waals surface area contributed by atoms with Crippen molar-refractivity contribution in [3.05, 3.63) is 23.3 Å². The molecule has 2 aromatic rings. The number of fused-ring (bicyclic) bond motifs is 1. The Bertz CT molecular complexity index is 392. The van der Waals surface area contributed by atoms with Gasteiger partial charge in [0.2, 0.25) is 0 Å². The quantitative estimate of drug-likeness (QED) is 0.671. The highest BCUT2D eigenvalue weighted by Gasteiger charge is 2.06. The van der Waals surface area contributed by atoms with Crippen molar-refractivity contribution in [3.63, 3.8) is 0 Å². The zero-order chi connectivity index (χ0) is 8.55. The van der Waals surface area contributed by atoms with E-state index in [1.165, 1.54) is 5.56 Å². The molecule has 0 saturated carbocycles. The predicted octanol–water partition coefficient (Wildman–Crippen LogP) is 2.81. The summed E-state index contributed by atoms with van der Waals surface area (Å²) in [5.41, 5.74) is 4.21. The molecule has 0 atom stereocenters. The van der Waals surface area contributed by atoms with Crippen LogP contribution in [-0.4, -0.2) is 9.97 Å². The minimum Gasteiger partial charge on any atom is -0.244 e. The van der Waals surface area contributed by atoms with Gasteiger partial charge in [-0.1, -0.05) is 13.8 Å². The molecule has 2 rings (SSSR count). The fourth-order valence-electron chi connectivity index (χ4n) is 1.26. The summed E-state index contributed by atoms with van der Waals surface area (Å²) >= 11 is 1.60. The molecule has 0 unspecified atom stereocenters. The molecule has 12 heavy (non-hydrogen) atoms. The molecule has 0 amide bonds. The van der Waals surface area contributed by atoms with Gasteiger partial charge in [0.05, 0.1) is 5.51 Å². The first kappa shape index (κ1) is 7.68. The number of hydrogen-bond acceptors (Lipinski definition) is 3. The third-order valence-electron chi connectivity index (χ3n) is 1.89. The lowest BCUT2D eigenvalue weighted by molar-refractivity contribution is 0.871. The lowest BCUT2D eigenvalue weighted by Crippen LogP contribution is -1.89. The van der Waals surface area contributed by atoms with Gasteiger partial charge in [0, 0.05) is 6.20 Å². The van der Waals surface area contributed by atoms with E-state index in [1.807, 2.05) is 17.8 Å². The molecule has 0 N–H and O–H groups in total. The lowest BCUT2D eigenvalue weighted by Gasteiger charge is -2.03. The zero-order valence-electron chi connectivity index (χ0n) is 7.11. The van der Waals surface area contributed by atoms with Crippen molar-refractivity contribution in [3.8, 4) is 0 Å². The smallest absolute Gasteiger partial charge is 0.143 e. The van der Waals surface area contributed by atoms with Gasteiger partial charge in [-0.3, -0.25) is 0 Å². The predicted molar refractivity (Wildman–Crippen MR) is 51.5 cm³/mol. The third-order valence-corrected chi connectivity index (χ3v) is 2.62. The Morgan fingerprint density at radius 2 is 2.17 bits per heavy atom. The summed E-state index contributed by atoms with van der Waals surface area (Å²) in [6.07, 6.45) is 1.86. The molecule has 3 heteroatoms. The molecule has 0 radical (unpaired) electrons. The second kappa shape index (κ2) is 2.83. The van der Waals surface area contributed by atoms with Crippen LogP contribution in [0.3, 0.4) is 0 Å². The molecule has 62 valence electrons. The van der Waals surface area contributed by atoms with E-state index in [9.17, 15) is 0 Å². The Kier molecular flexibility index (Phi) is 1.81. The van der Waals surface area contributed by atoms with E-state index < -0.39 is 0 Å². The van der Waals surface area contributed by atoms with Gasteiger partial charge in [-0.15, -0.1) is 11.3 Å². The minimum atomic E-state index is 0.526. The summed E-state index contributed by atoms with van der Waals surface area (Å²) in [6, 6.07) is 2.05. The summed E-state index contributed by atoms with van der Waals surface area (Å²) in [7, 11) is 0. The summed E-state index contributed by atoms with van der Waals surface area (Å²) in [5, 5.41) is 0. The van der Waals surface area contributed by atoms with E-state index in [4.69, 9.17) is 0 Å². The first-order chi connectivity index (χ1) is 5.79. The Balaban J connectivity index is 2.73. The molecule has 2 aromatic heterocycles. The standard InChI is InChI=1S/C9H10N2S/c1-6(2)7-3-4-10-9-8(7)11-5-12-9/h3-6H,1-2H3. The highest BCUT2D eigenvalue weighted by Crippen LogP contribution is 2.24. The SMILES string of the molecule is CC(C)c1ccnc2scnc12. The largest absolute Gasteiger partial charge is 0.244 e. The summed E-state index contributed by atoms with van der Waals surface area (Å²) in [6.45, 7) is 4.35. The van der Waals surface area contributed by atoms with E-state index in [2.05, 4.69) is 23.8 Å². The van der Waals surface area contributed by atoms with E-state index in [1.54, 1.807) is 11.3 Å². The van der Waals surface area contributed by atoms with Gasteiger partial charge in [-0.05, 0) is 17.5 Å². The van der Waals surface area contributed by atoms with Crippen molar-refractivity contribution >= 4 is 21.7 Å². The molecule has 0 spiro atoms. The van der Waals surface area contributed by atoms with Crippen molar-refractivity contribution in [1.82, 2.24) is 9.97 Å². The van der Waals surface area contributed by atoms with Gasteiger partial charge in [0.25, 0.3) is 0 Å². The highest BCUT2D eigenvalue weighted by atomic mass is 32.1. The average Bonchev–Trinajstić information content (AvgIpc) is 2.49. The Morgan fingerprint density at radius 1 is 1.33 bits per heavy atom. The van der Waals surface area contributed by atoms with Crippen LogP contribution in [0.5, 0.6) is 0 Å². The fraction of sp³-hybridized carbons (Fsp3) is 0.333. The van der Waals surface area contributed by atoms with E-state index >= 15 is 0 Å². The molecule has 0 fully saturated rings.